The molecule has 0 saturated carbocycles. The number of rotatable bonds is 4. The van der Waals surface area contributed by atoms with E-state index in [2.05, 4.69) is 215 Å². The van der Waals surface area contributed by atoms with E-state index in [9.17, 15) is 0 Å². The maximum Gasteiger partial charge on any atom is 0.0553 e. The molecule has 0 N–H and O–H groups in total. The van der Waals surface area contributed by atoms with Crippen LogP contribution in [0.2, 0.25) is 0 Å². The highest BCUT2D eigenvalue weighted by atomic mass is 32.2. The summed E-state index contributed by atoms with van der Waals surface area (Å²) in [5, 5.41) is 10.3. The monoisotopic (exact) mass is 766 g/mol. The maximum absolute atomic E-state index is 2.46. The lowest BCUT2D eigenvalue weighted by Gasteiger charge is -2.22. The Hall–Kier alpha value is -7.33. The van der Waals surface area contributed by atoms with Crippen molar-refractivity contribution in [2.24, 2.45) is 0 Å². The molecule has 3 heterocycles. The molecule has 0 atom stereocenters. The highest BCUT2D eigenvalue weighted by Gasteiger charge is 2.25. The second-order valence-electron chi connectivity index (χ2n) is 15.6. The number of benzene rings is 10. The lowest BCUT2D eigenvalue weighted by atomic mass is 9.92. The van der Waals surface area contributed by atoms with E-state index in [-0.39, 0.29) is 0 Å². The number of fused-ring (bicyclic) bond motifs is 10. The van der Waals surface area contributed by atoms with Crippen LogP contribution < -0.4 is 0 Å². The summed E-state index contributed by atoms with van der Waals surface area (Å²) < 4.78 is 4.90. The van der Waals surface area contributed by atoms with Crippen LogP contribution in [0.5, 0.6) is 0 Å². The average Bonchev–Trinajstić information content (AvgIpc) is 3.81. The molecule has 3 heteroatoms. The van der Waals surface area contributed by atoms with Crippen LogP contribution in [-0.4, -0.2) is 9.13 Å². The lowest BCUT2D eigenvalue weighted by molar-refractivity contribution is 1.18. The number of hydrogen-bond donors (Lipinski definition) is 0. The molecule has 59 heavy (non-hydrogen) atoms. The molecule has 0 radical (unpaired) electrons. The van der Waals surface area contributed by atoms with Crippen molar-refractivity contribution < 1.29 is 0 Å². The predicted molar refractivity (Wildman–Crippen MR) is 251 cm³/mol. The van der Waals surface area contributed by atoms with E-state index in [0.29, 0.717) is 0 Å². The first-order chi connectivity index (χ1) is 29.3. The standard InChI is InChI=1S/C56H34N2S/c1-3-14-35(15-4-1)36-27-30-51-46(32-36)42-20-9-11-23-48(42)58(51)50-31-29-39(40-18-7-8-19-41(40)50)37-26-28-43-47-34-52-55(45-22-13-25-53(56(45)47)59-54(43)33-37)44-21-10-12-24-49(44)57(52)38-16-5-2-6-17-38/h1-34H. The second-order valence-corrected chi connectivity index (χ2v) is 16.7. The zero-order valence-electron chi connectivity index (χ0n) is 31.9. The Morgan fingerprint density at radius 1 is 0.288 bits per heavy atom. The molecular formula is C56H34N2S. The zero-order valence-corrected chi connectivity index (χ0v) is 32.7. The Labute approximate surface area is 345 Å². The van der Waals surface area contributed by atoms with Crippen LogP contribution in [0.3, 0.4) is 0 Å². The van der Waals surface area contributed by atoms with Gasteiger partial charge in [0, 0.05) is 47.8 Å². The average molecular weight is 767 g/mol. The molecule has 0 amide bonds. The van der Waals surface area contributed by atoms with Crippen molar-refractivity contribution in [3.8, 4) is 44.8 Å². The molecule has 12 aromatic rings. The van der Waals surface area contributed by atoms with Gasteiger partial charge in [0.2, 0.25) is 0 Å². The van der Waals surface area contributed by atoms with Gasteiger partial charge in [-0.1, -0.05) is 157 Å². The number of hydrogen-bond acceptors (Lipinski definition) is 1. The third-order valence-electron chi connectivity index (χ3n) is 12.5. The smallest absolute Gasteiger partial charge is 0.0553 e. The van der Waals surface area contributed by atoms with Crippen molar-refractivity contribution in [2.75, 3.05) is 0 Å². The fourth-order valence-electron chi connectivity index (χ4n) is 9.95. The normalized spacial score (nSPS) is 12.3. The Kier molecular flexibility index (Phi) is 6.98. The van der Waals surface area contributed by atoms with Gasteiger partial charge in [-0.05, 0) is 105 Å². The van der Waals surface area contributed by atoms with E-state index < -0.39 is 0 Å². The Morgan fingerprint density at radius 3 is 1.76 bits per heavy atom. The number of nitrogens with zero attached hydrogens (tertiary/aromatic N) is 2. The molecular weight excluding hydrogens is 733 g/mol. The quantitative estimate of drug-likeness (QED) is 0.173. The van der Waals surface area contributed by atoms with Crippen LogP contribution in [-0.2, 0) is 0 Å². The topological polar surface area (TPSA) is 9.86 Å². The van der Waals surface area contributed by atoms with Gasteiger partial charge in [-0.3, -0.25) is 0 Å². The molecule has 2 aromatic heterocycles. The van der Waals surface area contributed by atoms with Crippen molar-refractivity contribution in [2.45, 2.75) is 9.79 Å². The summed E-state index contributed by atoms with van der Waals surface area (Å²) >= 11 is 1.90. The molecule has 0 spiro atoms. The predicted octanol–water partition coefficient (Wildman–Crippen LogP) is 15.7. The minimum atomic E-state index is 1.18. The van der Waals surface area contributed by atoms with Gasteiger partial charge in [0.25, 0.3) is 0 Å². The van der Waals surface area contributed by atoms with Crippen molar-refractivity contribution >= 4 is 76.9 Å². The van der Waals surface area contributed by atoms with Crippen molar-refractivity contribution in [1.29, 1.82) is 0 Å². The molecule has 1 aliphatic heterocycles. The number of para-hydroxylation sites is 3. The summed E-state index contributed by atoms with van der Waals surface area (Å²) in [4.78, 5) is 2.59. The summed E-state index contributed by atoms with van der Waals surface area (Å²) in [6.07, 6.45) is 0. The molecule has 0 aliphatic carbocycles. The summed E-state index contributed by atoms with van der Waals surface area (Å²) in [5.74, 6) is 0. The molecule has 10 aromatic carbocycles. The van der Waals surface area contributed by atoms with Crippen LogP contribution in [0.25, 0.3) is 110 Å². The third kappa shape index (κ3) is 4.77. The molecule has 2 nitrogen and oxygen atoms in total. The molecule has 0 bridgehead atoms. The molecule has 0 unspecified atom stereocenters. The molecule has 13 rings (SSSR count). The van der Waals surface area contributed by atoms with Crippen LogP contribution in [0.1, 0.15) is 0 Å². The Morgan fingerprint density at radius 2 is 0.932 bits per heavy atom. The van der Waals surface area contributed by atoms with Crippen LogP contribution in [0.4, 0.5) is 0 Å². The van der Waals surface area contributed by atoms with E-state index in [1.807, 2.05) is 11.8 Å². The Bertz CT molecular complexity index is 3690. The van der Waals surface area contributed by atoms with Gasteiger partial charge in [-0.2, -0.15) is 0 Å². The van der Waals surface area contributed by atoms with Crippen LogP contribution >= 0.6 is 11.8 Å². The van der Waals surface area contributed by atoms with E-state index >= 15 is 0 Å². The largest absolute Gasteiger partial charge is 0.309 e. The summed E-state index contributed by atoms with van der Waals surface area (Å²) in [5.41, 5.74) is 14.8. The summed E-state index contributed by atoms with van der Waals surface area (Å²) in [7, 11) is 0. The lowest BCUT2D eigenvalue weighted by Crippen LogP contribution is -1.98. The van der Waals surface area contributed by atoms with Gasteiger partial charge in [0.15, 0.2) is 0 Å². The zero-order chi connectivity index (χ0) is 38.6. The SMILES string of the molecule is c1ccc(-c2ccc3c(c2)c2ccccc2n3-c2ccc(-c3ccc4c(c3)Sc3cccc5c3c-4cc3c5c4ccccc4n3-c3ccccc3)c3ccccc23)cc1. The van der Waals surface area contributed by atoms with Crippen LogP contribution in [0.15, 0.2) is 216 Å². The molecule has 274 valence electrons. The highest BCUT2D eigenvalue weighted by Crippen LogP contribution is 2.52. The fraction of sp³-hybridized carbons (Fsp3) is 0. The molecule has 0 fully saturated rings. The van der Waals surface area contributed by atoms with E-state index in [1.54, 1.807) is 0 Å². The first kappa shape index (κ1) is 32.7. The van der Waals surface area contributed by atoms with Gasteiger partial charge in [0.1, 0.15) is 0 Å². The van der Waals surface area contributed by atoms with Crippen molar-refractivity contribution in [1.82, 2.24) is 9.13 Å². The van der Waals surface area contributed by atoms with E-state index in [4.69, 9.17) is 0 Å². The van der Waals surface area contributed by atoms with Crippen LogP contribution in [0, 0.1) is 0 Å². The van der Waals surface area contributed by atoms with E-state index in [0.717, 1.165) is 0 Å². The van der Waals surface area contributed by atoms with Gasteiger partial charge >= 0.3 is 0 Å². The van der Waals surface area contributed by atoms with Crippen molar-refractivity contribution in [3.63, 3.8) is 0 Å². The highest BCUT2D eigenvalue weighted by molar-refractivity contribution is 7.99. The number of aromatic nitrogens is 2. The maximum atomic E-state index is 2.46. The summed E-state index contributed by atoms with van der Waals surface area (Å²) in [6, 6.07) is 76.1. The summed E-state index contributed by atoms with van der Waals surface area (Å²) in [6.45, 7) is 0. The van der Waals surface area contributed by atoms with E-state index in [1.165, 1.54) is 120 Å². The minimum Gasteiger partial charge on any atom is -0.309 e. The van der Waals surface area contributed by atoms with Gasteiger partial charge < -0.3 is 9.13 Å². The van der Waals surface area contributed by atoms with Gasteiger partial charge in [0.05, 0.1) is 27.8 Å². The first-order valence-corrected chi connectivity index (χ1v) is 21.1. The fourth-order valence-corrected chi connectivity index (χ4v) is 11.1. The van der Waals surface area contributed by atoms with Gasteiger partial charge in [-0.25, -0.2) is 0 Å². The Balaban J connectivity index is 0.989. The minimum absolute atomic E-state index is 1.18. The van der Waals surface area contributed by atoms with Crippen molar-refractivity contribution in [3.05, 3.63) is 206 Å². The van der Waals surface area contributed by atoms with Gasteiger partial charge in [-0.15, -0.1) is 0 Å². The molecule has 1 aliphatic rings. The third-order valence-corrected chi connectivity index (χ3v) is 13.6. The molecule has 0 saturated heterocycles. The second kappa shape index (κ2) is 12.6. The first-order valence-electron chi connectivity index (χ1n) is 20.3.